The Kier molecular flexibility index (Phi) is 1.51. The van der Waals surface area contributed by atoms with Gasteiger partial charge in [0, 0.05) is 24.3 Å². The van der Waals surface area contributed by atoms with Gasteiger partial charge in [-0.05, 0) is 30.3 Å². The molecule has 0 aliphatic rings. The molecule has 74 valence electrons. The molecule has 0 bridgehead atoms. The highest BCUT2D eigenvalue weighted by Gasteiger charge is 2.07. The number of pyridine rings is 1. The van der Waals surface area contributed by atoms with Crippen molar-refractivity contribution < 1.29 is 0 Å². The SMILES string of the molecule is Cn1c2cc(N)ccc2c2ncccc21. The quantitative estimate of drug-likeness (QED) is 0.562. The standard InChI is InChI=1S/C12H11N3/c1-15-10-3-2-6-14-12(10)9-5-4-8(13)7-11(9)15/h2-7H,13H2,1H3. The third-order valence-corrected chi connectivity index (χ3v) is 2.79. The van der Waals surface area contributed by atoms with Gasteiger partial charge in [-0.2, -0.15) is 0 Å². The molecule has 0 aliphatic heterocycles. The first-order valence-corrected chi connectivity index (χ1v) is 4.86. The van der Waals surface area contributed by atoms with E-state index in [9.17, 15) is 0 Å². The largest absolute Gasteiger partial charge is 0.399 e. The molecule has 0 fully saturated rings. The lowest BCUT2D eigenvalue weighted by Crippen LogP contribution is -1.88. The summed E-state index contributed by atoms with van der Waals surface area (Å²) in [5, 5.41) is 1.15. The van der Waals surface area contributed by atoms with Gasteiger partial charge >= 0.3 is 0 Å². The summed E-state index contributed by atoms with van der Waals surface area (Å²) in [4.78, 5) is 4.40. The Morgan fingerprint density at radius 1 is 1.20 bits per heavy atom. The molecule has 3 rings (SSSR count). The van der Waals surface area contributed by atoms with E-state index in [1.54, 1.807) is 0 Å². The molecule has 0 atom stereocenters. The Labute approximate surface area is 87.1 Å². The van der Waals surface area contributed by atoms with E-state index in [4.69, 9.17) is 5.73 Å². The lowest BCUT2D eigenvalue weighted by molar-refractivity contribution is 1.01. The van der Waals surface area contributed by atoms with Gasteiger partial charge in [0.15, 0.2) is 0 Å². The first-order valence-electron chi connectivity index (χ1n) is 4.86. The fraction of sp³-hybridized carbons (Fsp3) is 0.0833. The Morgan fingerprint density at radius 2 is 2.07 bits per heavy atom. The monoisotopic (exact) mass is 197 g/mol. The van der Waals surface area contributed by atoms with E-state index in [1.807, 2.05) is 37.5 Å². The molecule has 3 nitrogen and oxygen atoms in total. The summed E-state index contributed by atoms with van der Waals surface area (Å²) >= 11 is 0. The number of fused-ring (bicyclic) bond motifs is 3. The van der Waals surface area contributed by atoms with E-state index < -0.39 is 0 Å². The van der Waals surface area contributed by atoms with Crippen molar-refractivity contribution in [3.05, 3.63) is 36.5 Å². The first kappa shape index (κ1) is 8.29. The van der Waals surface area contributed by atoms with Gasteiger partial charge in [0.25, 0.3) is 0 Å². The van der Waals surface area contributed by atoms with Crippen LogP contribution in [0.3, 0.4) is 0 Å². The Bertz CT molecular complexity index is 652. The first-order chi connectivity index (χ1) is 7.27. The predicted octanol–water partition coefficient (Wildman–Crippen LogP) is 2.31. The molecule has 2 N–H and O–H groups in total. The summed E-state index contributed by atoms with van der Waals surface area (Å²) in [7, 11) is 2.03. The maximum atomic E-state index is 5.78. The summed E-state index contributed by atoms with van der Waals surface area (Å²) in [6.45, 7) is 0. The number of nitrogen functional groups attached to an aromatic ring is 1. The lowest BCUT2D eigenvalue weighted by atomic mass is 10.2. The molecule has 0 saturated heterocycles. The molecule has 15 heavy (non-hydrogen) atoms. The van der Waals surface area contributed by atoms with Gasteiger partial charge in [-0.3, -0.25) is 4.98 Å². The Hall–Kier alpha value is -2.03. The van der Waals surface area contributed by atoms with Crippen LogP contribution in [0.5, 0.6) is 0 Å². The zero-order chi connectivity index (χ0) is 10.4. The maximum absolute atomic E-state index is 5.78. The minimum atomic E-state index is 0.786. The van der Waals surface area contributed by atoms with Crippen LogP contribution in [0.25, 0.3) is 21.9 Å². The third-order valence-electron chi connectivity index (χ3n) is 2.79. The minimum absolute atomic E-state index is 0.786. The highest BCUT2D eigenvalue weighted by molar-refractivity contribution is 6.06. The summed E-state index contributed by atoms with van der Waals surface area (Å²) < 4.78 is 2.12. The molecule has 1 aromatic carbocycles. The Morgan fingerprint density at radius 3 is 2.93 bits per heavy atom. The van der Waals surface area contributed by atoms with Crippen molar-refractivity contribution in [3.63, 3.8) is 0 Å². The van der Waals surface area contributed by atoms with Crippen molar-refractivity contribution in [2.75, 3.05) is 5.73 Å². The molecule has 0 saturated carbocycles. The number of rotatable bonds is 0. The molecule has 3 aromatic rings. The fourth-order valence-electron chi connectivity index (χ4n) is 2.03. The van der Waals surface area contributed by atoms with Crippen LogP contribution in [0.2, 0.25) is 0 Å². The van der Waals surface area contributed by atoms with Gasteiger partial charge in [0.1, 0.15) is 0 Å². The van der Waals surface area contributed by atoms with Crippen LogP contribution in [0.15, 0.2) is 36.5 Å². The van der Waals surface area contributed by atoms with Gasteiger partial charge in [-0.25, -0.2) is 0 Å². The summed E-state index contributed by atoms with van der Waals surface area (Å²) in [6.07, 6.45) is 1.82. The normalized spacial score (nSPS) is 11.3. The number of hydrogen-bond donors (Lipinski definition) is 1. The van der Waals surface area contributed by atoms with Gasteiger partial charge in [0.05, 0.1) is 16.6 Å². The van der Waals surface area contributed by atoms with Crippen LogP contribution >= 0.6 is 0 Å². The average molecular weight is 197 g/mol. The van der Waals surface area contributed by atoms with Crippen molar-refractivity contribution in [1.82, 2.24) is 9.55 Å². The van der Waals surface area contributed by atoms with E-state index in [0.29, 0.717) is 0 Å². The van der Waals surface area contributed by atoms with Crippen molar-refractivity contribution in [1.29, 1.82) is 0 Å². The number of benzene rings is 1. The van der Waals surface area contributed by atoms with E-state index in [-0.39, 0.29) is 0 Å². The van der Waals surface area contributed by atoms with Gasteiger partial charge in [0.2, 0.25) is 0 Å². The number of hydrogen-bond acceptors (Lipinski definition) is 2. The van der Waals surface area contributed by atoms with Crippen LogP contribution in [0.1, 0.15) is 0 Å². The van der Waals surface area contributed by atoms with Crippen molar-refractivity contribution in [3.8, 4) is 0 Å². The second-order valence-corrected chi connectivity index (χ2v) is 3.71. The number of nitrogens with zero attached hydrogens (tertiary/aromatic N) is 2. The number of aromatic nitrogens is 2. The second-order valence-electron chi connectivity index (χ2n) is 3.71. The molecular formula is C12H11N3. The van der Waals surface area contributed by atoms with Gasteiger partial charge in [-0.1, -0.05) is 0 Å². The van der Waals surface area contributed by atoms with Gasteiger partial charge < -0.3 is 10.3 Å². The number of aryl methyl sites for hydroxylation is 1. The summed E-state index contributed by atoms with van der Waals surface area (Å²) in [6, 6.07) is 9.94. The minimum Gasteiger partial charge on any atom is -0.399 e. The zero-order valence-corrected chi connectivity index (χ0v) is 8.44. The molecule has 2 aromatic heterocycles. The van der Waals surface area contributed by atoms with E-state index >= 15 is 0 Å². The predicted molar refractivity (Wildman–Crippen MR) is 62.6 cm³/mol. The highest BCUT2D eigenvalue weighted by atomic mass is 15.0. The highest BCUT2D eigenvalue weighted by Crippen LogP contribution is 2.27. The van der Waals surface area contributed by atoms with E-state index in [2.05, 4.69) is 15.6 Å². The van der Waals surface area contributed by atoms with Gasteiger partial charge in [-0.15, -0.1) is 0 Å². The van der Waals surface area contributed by atoms with Crippen molar-refractivity contribution in [2.45, 2.75) is 0 Å². The summed E-state index contributed by atoms with van der Waals surface area (Å²) in [5.41, 5.74) is 9.87. The Balaban J connectivity index is 2.63. The molecule has 0 unspecified atom stereocenters. The van der Waals surface area contributed by atoms with Crippen LogP contribution in [0.4, 0.5) is 5.69 Å². The van der Waals surface area contributed by atoms with Crippen molar-refractivity contribution >= 4 is 27.6 Å². The molecule has 0 amide bonds. The van der Waals surface area contributed by atoms with Crippen LogP contribution in [-0.4, -0.2) is 9.55 Å². The molecule has 2 heterocycles. The summed E-state index contributed by atoms with van der Waals surface area (Å²) in [5.74, 6) is 0. The molecule has 0 radical (unpaired) electrons. The van der Waals surface area contributed by atoms with Crippen LogP contribution in [0, 0.1) is 0 Å². The molecular weight excluding hydrogens is 186 g/mol. The fourth-order valence-corrected chi connectivity index (χ4v) is 2.03. The average Bonchev–Trinajstić information content (AvgIpc) is 2.54. The number of nitrogens with two attached hydrogens (primary N) is 1. The zero-order valence-electron chi connectivity index (χ0n) is 8.44. The smallest absolute Gasteiger partial charge is 0.0959 e. The van der Waals surface area contributed by atoms with Crippen LogP contribution < -0.4 is 5.73 Å². The molecule has 3 heteroatoms. The topological polar surface area (TPSA) is 43.8 Å². The maximum Gasteiger partial charge on any atom is 0.0959 e. The second kappa shape index (κ2) is 2.73. The van der Waals surface area contributed by atoms with E-state index in [0.717, 1.165) is 27.6 Å². The van der Waals surface area contributed by atoms with E-state index in [1.165, 1.54) is 0 Å². The third kappa shape index (κ3) is 1.03. The number of anilines is 1. The van der Waals surface area contributed by atoms with Crippen molar-refractivity contribution in [2.24, 2.45) is 7.05 Å². The lowest BCUT2D eigenvalue weighted by Gasteiger charge is -1.97. The molecule has 0 aliphatic carbocycles. The van der Waals surface area contributed by atoms with Crippen LogP contribution in [-0.2, 0) is 7.05 Å². The molecule has 0 spiro atoms.